The Balaban J connectivity index is 1.54. The number of nitrogens with one attached hydrogen (secondary N) is 1. The summed E-state index contributed by atoms with van der Waals surface area (Å²) in [5, 5.41) is 16.7. The number of hydrogen-bond donors (Lipinski definition) is 1. The molecule has 0 aliphatic carbocycles. The molecule has 0 unspecified atom stereocenters. The van der Waals surface area contributed by atoms with Crippen molar-refractivity contribution in [1.82, 2.24) is 4.98 Å². The van der Waals surface area contributed by atoms with Crippen molar-refractivity contribution in [3.05, 3.63) is 62.8 Å². The van der Waals surface area contributed by atoms with Crippen LogP contribution in [0.3, 0.4) is 0 Å². The van der Waals surface area contributed by atoms with Crippen LogP contribution >= 0.6 is 22.7 Å². The van der Waals surface area contributed by atoms with Crippen molar-refractivity contribution in [3.63, 3.8) is 0 Å². The van der Waals surface area contributed by atoms with E-state index >= 15 is 0 Å². The van der Waals surface area contributed by atoms with Gasteiger partial charge in [0.15, 0.2) is 16.6 Å². The van der Waals surface area contributed by atoms with Crippen molar-refractivity contribution in [2.75, 3.05) is 19.5 Å². The zero-order valence-corrected chi connectivity index (χ0v) is 17.5. The number of non-ortho nitro benzene ring substituents is 1. The van der Waals surface area contributed by atoms with Crippen LogP contribution in [-0.4, -0.2) is 30.0 Å². The second-order valence-corrected chi connectivity index (χ2v) is 8.09. The van der Waals surface area contributed by atoms with Gasteiger partial charge in [-0.3, -0.25) is 20.2 Å². The van der Waals surface area contributed by atoms with Gasteiger partial charge in [0.2, 0.25) is 0 Å². The van der Waals surface area contributed by atoms with E-state index in [0.717, 1.165) is 10.3 Å². The number of thiophene rings is 1. The van der Waals surface area contributed by atoms with Crippen LogP contribution in [-0.2, 0) is 0 Å². The van der Waals surface area contributed by atoms with Gasteiger partial charge in [-0.2, -0.15) is 0 Å². The van der Waals surface area contributed by atoms with Gasteiger partial charge in [-0.25, -0.2) is 4.98 Å². The largest absolute Gasteiger partial charge is 0.493 e. The van der Waals surface area contributed by atoms with Crippen LogP contribution in [0.25, 0.3) is 21.3 Å². The molecule has 4 aromatic rings. The maximum atomic E-state index is 12.6. The summed E-state index contributed by atoms with van der Waals surface area (Å²) < 4.78 is 11.4. The minimum Gasteiger partial charge on any atom is -0.493 e. The van der Waals surface area contributed by atoms with Crippen LogP contribution < -0.4 is 14.8 Å². The lowest BCUT2D eigenvalue weighted by Gasteiger charge is -2.08. The summed E-state index contributed by atoms with van der Waals surface area (Å²) in [4.78, 5) is 28.0. The van der Waals surface area contributed by atoms with Gasteiger partial charge >= 0.3 is 0 Å². The number of aromatic nitrogens is 1. The number of nitrogens with zero attached hydrogens (tertiary/aromatic N) is 2. The summed E-state index contributed by atoms with van der Waals surface area (Å²) in [7, 11) is 3.13. The molecule has 10 heteroatoms. The molecule has 2 aromatic heterocycles. The molecule has 0 spiro atoms. The second-order valence-electron chi connectivity index (χ2n) is 6.15. The Bertz CT molecular complexity index is 1260. The lowest BCUT2D eigenvalue weighted by atomic mass is 10.1. The molecular formula is C20H15N3O5S2. The highest BCUT2D eigenvalue weighted by atomic mass is 32.1. The Morgan fingerprint density at radius 1 is 1.10 bits per heavy atom. The predicted molar refractivity (Wildman–Crippen MR) is 117 cm³/mol. The molecule has 152 valence electrons. The van der Waals surface area contributed by atoms with Gasteiger partial charge in [-0.1, -0.05) is 0 Å². The minimum atomic E-state index is -0.456. The highest BCUT2D eigenvalue weighted by Gasteiger charge is 2.16. The maximum Gasteiger partial charge on any atom is 0.270 e. The number of carbonyl (C=O) groups is 1. The molecule has 0 radical (unpaired) electrons. The molecule has 0 atom stereocenters. The van der Waals surface area contributed by atoms with E-state index in [1.807, 2.05) is 17.5 Å². The van der Waals surface area contributed by atoms with Gasteiger partial charge in [0.25, 0.3) is 11.6 Å². The molecule has 2 heterocycles. The van der Waals surface area contributed by atoms with Crippen molar-refractivity contribution in [2.24, 2.45) is 0 Å². The fourth-order valence-electron chi connectivity index (χ4n) is 2.87. The number of carbonyl (C=O) groups excluding carboxylic acids is 1. The average molecular weight is 441 g/mol. The van der Waals surface area contributed by atoms with Crippen LogP contribution in [0.2, 0.25) is 0 Å². The van der Waals surface area contributed by atoms with E-state index in [1.54, 1.807) is 32.4 Å². The van der Waals surface area contributed by atoms with Crippen molar-refractivity contribution < 1.29 is 19.2 Å². The fraction of sp³-hybridized carbons (Fsp3) is 0.100. The number of nitro benzene ring substituents is 1. The zero-order chi connectivity index (χ0) is 21.3. The van der Waals surface area contributed by atoms with Crippen LogP contribution in [0, 0.1) is 10.1 Å². The number of rotatable bonds is 6. The Morgan fingerprint density at radius 2 is 1.90 bits per heavy atom. The van der Waals surface area contributed by atoms with Crippen LogP contribution in [0.4, 0.5) is 10.8 Å². The quantitative estimate of drug-likeness (QED) is 0.326. The number of nitro groups is 1. The molecule has 0 aliphatic heterocycles. The third kappa shape index (κ3) is 3.82. The highest BCUT2D eigenvalue weighted by Crippen LogP contribution is 2.34. The molecule has 0 fully saturated rings. The van der Waals surface area contributed by atoms with Crippen molar-refractivity contribution in [1.29, 1.82) is 0 Å². The molecule has 8 nitrogen and oxygen atoms in total. The highest BCUT2D eigenvalue weighted by molar-refractivity contribution is 7.21. The Morgan fingerprint density at radius 3 is 2.63 bits per heavy atom. The Kier molecular flexibility index (Phi) is 5.34. The number of methoxy groups -OCH3 is 2. The average Bonchev–Trinajstić information content (AvgIpc) is 3.39. The monoisotopic (exact) mass is 441 g/mol. The summed E-state index contributed by atoms with van der Waals surface area (Å²) in [6.07, 6.45) is 0. The number of amides is 1. The van der Waals surface area contributed by atoms with Gasteiger partial charge in [-0.15, -0.1) is 22.7 Å². The summed E-state index contributed by atoms with van der Waals surface area (Å²) in [5.74, 6) is 0.898. The summed E-state index contributed by atoms with van der Waals surface area (Å²) in [6, 6.07) is 11.7. The number of hydrogen-bond acceptors (Lipinski definition) is 8. The van der Waals surface area contributed by atoms with E-state index in [0.29, 0.717) is 32.6 Å². The van der Waals surface area contributed by atoms with Gasteiger partial charge in [0, 0.05) is 33.2 Å². The number of fused-ring (bicyclic) bond motifs is 1. The van der Waals surface area contributed by atoms with Gasteiger partial charge in [0.05, 0.1) is 29.7 Å². The molecular weight excluding hydrogens is 426 g/mol. The predicted octanol–water partition coefficient (Wildman–Crippen LogP) is 5.20. The van der Waals surface area contributed by atoms with Crippen molar-refractivity contribution in [3.8, 4) is 22.8 Å². The summed E-state index contributed by atoms with van der Waals surface area (Å²) in [5.41, 5.74) is 1.52. The summed E-state index contributed by atoms with van der Waals surface area (Å²) in [6.45, 7) is 0. The topological polar surface area (TPSA) is 104 Å². The van der Waals surface area contributed by atoms with Gasteiger partial charge in [-0.05, 0) is 30.3 Å². The lowest BCUT2D eigenvalue weighted by molar-refractivity contribution is -0.384. The maximum absolute atomic E-state index is 12.6. The number of benzene rings is 2. The van der Waals surface area contributed by atoms with Gasteiger partial charge < -0.3 is 9.47 Å². The van der Waals surface area contributed by atoms with Crippen LogP contribution in [0.1, 0.15) is 9.67 Å². The lowest BCUT2D eigenvalue weighted by Crippen LogP contribution is -2.09. The Labute approximate surface area is 178 Å². The van der Waals surface area contributed by atoms with Gasteiger partial charge in [0.1, 0.15) is 0 Å². The molecule has 1 N–H and O–H groups in total. The molecule has 30 heavy (non-hydrogen) atoms. The number of ether oxygens (including phenoxy) is 2. The Hall–Kier alpha value is -3.50. The van der Waals surface area contributed by atoms with E-state index in [1.165, 1.54) is 34.8 Å². The summed E-state index contributed by atoms with van der Waals surface area (Å²) >= 11 is 2.57. The molecule has 0 saturated heterocycles. The third-order valence-electron chi connectivity index (χ3n) is 4.34. The molecule has 1 amide bonds. The number of anilines is 1. The molecule has 0 aliphatic rings. The van der Waals surface area contributed by atoms with E-state index < -0.39 is 4.92 Å². The first-order valence-electron chi connectivity index (χ1n) is 8.66. The van der Waals surface area contributed by atoms with E-state index in [9.17, 15) is 14.9 Å². The van der Waals surface area contributed by atoms with Crippen LogP contribution in [0.5, 0.6) is 11.5 Å². The van der Waals surface area contributed by atoms with Crippen LogP contribution in [0.15, 0.2) is 47.8 Å². The van der Waals surface area contributed by atoms with Crippen molar-refractivity contribution in [2.45, 2.75) is 0 Å². The first-order chi connectivity index (χ1) is 14.5. The molecule has 0 bridgehead atoms. The first-order valence-corrected chi connectivity index (χ1v) is 10.4. The molecule has 2 aromatic carbocycles. The minimum absolute atomic E-state index is 0.00765. The third-order valence-corrected chi connectivity index (χ3v) is 6.21. The fourth-order valence-corrected chi connectivity index (χ4v) is 4.53. The number of thiazole rings is 1. The van der Waals surface area contributed by atoms with Crippen molar-refractivity contribution >= 4 is 49.5 Å². The zero-order valence-electron chi connectivity index (χ0n) is 15.9. The van der Waals surface area contributed by atoms with E-state index in [-0.39, 0.29) is 11.6 Å². The second kappa shape index (κ2) is 8.09. The van der Waals surface area contributed by atoms with E-state index in [2.05, 4.69) is 10.3 Å². The SMILES string of the molecule is COc1ccc(-c2csc(NC(=O)c3cc4cc([N+](=O)[O-])ccc4s3)n2)cc1OC. The molecule has 4 rings (SSSR count). The first kappa shape index (κ1) is 19.8. The van der Waals surface area contributed by atoms with E-state index in [4.69, 9.17) is 9.47 Å². The standard InChI is InChI=1S/C20H15N3O5S2/c1-27-15-5-3-11(8-16(15)28-2)14-10-29-20(21-14)22-19(24)18-9-12-7-13(23(25)26)4-6-17(12)30-18/h3-10H,1-2H3,(H,21,22,24). The normalized spacial score (nSPS) is 10.7. The molecule has 0 saturated carbocycles. The smallest absolute Gasteiger partial charge is 0.270 e.